The zero-order valence-corrected chi connectivity index (χ0v) is 11.7. The van der Waals surface area contributed by atoms with E-state index in [1.54, 1.807) is 24.3 Å². The third-order valence-corrected chi connectivity index (χ3v) is 3.46. The summed E-state index contributed by atoms with van der Waals surface area (Å²) in [5.41, 5.74) is 0.0970. The molecule has 3 rings (SSSR count). The fourth-order valence-electron chi connectivity index (χ4n) is 2.33. The van der Waals surface area contributed by atoms with Crippen LogP contribution < -0.4 is 0 Å². The molecule has 0 radical (unpaired) electrons. The van der Waals surface area contributed by atoms with E-state index in [4.69, 9.17) is 9.47 Å². The summed E-state index contributed by atoms with van der Waals surface area (Å²) in [5, 5.41) is 0. The molecular weight excluding hydrogens is 290 g/mol. The average molecular weight is 304 g/mol. The number of hydrogen-bond acceptors (Lipinski definition) is 3. The summed E-state index contributed by atoms with van der Waals surface area (Å²) in [4.78, 5) is 12.1. The summed E-state index contributed by atoms with van der Waals surface area (Å²) >= 11 is 0. The number of Topliss-reactive ketones (excluding diaryl/α,β-unsaturated/α-hetero) is 1. The molecular formula is C17H14F2O3. The average Bonchev–Trinajstić information content (AvgIpc) is 3.09. The number of alkyl halides is 2. The van der Waals surface area contributed by atoms with Gasteiger partial charge in [-0.1, -0.05) is 48.5 Å². The molecule has 0 amide bonds. The van der Waals surface area contributed by atoms with E-state index in [-0.39, 0.29) is 11.1 Å². The Labute approximate surface area is 126 Å². The molecule has 0 N–H and O–H groups in total. The first-order valence-corrected chi connectivity index (χ1v) is 6.90. The van der Waals surface area contributed by atoms with Crippen LogP contribution in [0, 0.1) is 0 Å². The number of carbonyl (C=O) groups excluding carboxylic acids is 1. The van der Waals surface area contributed by atoms with Gasteiger partial charge in [-0.05, 0) is 6.07 Å². The van der Waals surface area contributed by atoms with Gasteiger partial charge in [0.05, 0.1) is 13.2 Å². The summed E-state index contributed by atoms with van der Waals surface area (Å²) < 4.78 is 39.5. The number of benzene rings is 2. The van der Waals surface area contributed by atoms with Gasteiger partial charge in [0.2, 0.25) is 5.78 Å². The van der Waals surface area contributed by atoms with Crippen molar-refractivity contribution in [1.82, 2.24) is 0 Å². The van der Waals surface area contributed by atoms with Crippen LogP contribution in [0.15, 0.2) is 54.6 Å². The highest BCUT2D eigenvalue weighted by Crippen LogP contribution is 2.34. The molecule has 1 heterocycles. The lowest BCUT2D eigenvalue weighted by Crippen LogP contribution is -2.26. The molecule has 0 saturated carbocycles. The van der Waals surface area contributed by atoms with Crippen LogP contribution in [0.1, 0.15) is 27.8 Å². The second kappa shape index (κ2) is 5.94. The molecule has 0 aromatic heterocycles. The second-order valence-corrected chi connectivity index (χ2v) is 4.97. The Morgan fingerprint density at radius 1 is 1.00 bits per heavy atom. The number of hydrogen-bond donors (Lipinski definition) is 0. The maximum atomic E-state index is 14.5. The number of halogens is 2. The van der Waals surface area contributed by atoms with E-state index in [1.807, 2.05) is 0 Å². The summed E-state index contributed by atoms with van der Waals surface area (Å²) in [6, 6.07) is 13.2. The second-order valence-electron chi connectivity index (χ2n) is 4.97. The topological polar surface area (TPSA) is 35.5 Å². The van der Waals surface area contributed by atoms with Crippen molar-refractivity contribution in [3.8, 4) is 0 Å². The van der Waals surface area contributed by atoms with Gasteiger partial charge in [0.15, 0.2) is 6.29 Å². The van der Waals surface area contributed by atoms with E-state index in [0.29, 0.717) is 18.8 Å². The van der Waals surface area contributed by atoms with Crippen molar-refractivity contribution in [2.24, 2.45) is 0 Å². The maximum Gasteiger partial charge on any atom is 0.334 e. The molecule has 5 heteroatoms. The van der Waals surface area contributed by atoms with Crippen LogP contribution in [-0.4, -0.2) is 19.0 Å². The third-order valence-electron chi connectivity index (χ3n) is 3.46. The molecule has 0 unspecified atom stereocenters. The first kappa shape index (κ1) is 14.8. The molecule has 0 atom stereocenters. The Hall–Kier alpha value is -2.11. The monoisotopic (exact) mass is 304 g/mol. The highest BCUT2D eigenvalue weighted by molar-refractivity contribution is 6.01. The quantitative estimate of drug-likeness (QED) is 0.808. The largest absolute Gasteiger partial charge is 0.346 e. The molecule has 1 saturated heterocycles. The fourth-order valence-corrected chi connectivity index (χ4v) is 2.33. The minimum atomic E-state index is -3.60. The van der Waals surface area contributed by atoms with Crippen LogP contribution in [0.2, 0.25) is 0 Å². The number of ether oxygens (including phenoxy) is 2. The molecule has 1 aliphatic heterocycles. The van der Waals surface area contributed by atoms with Gasteiger partial charge in [-0.25, -0.2) is 0 Å². The van der Waals surface area contributed by atoms with E-state index in [9.17, 15) is 13.6 Å². The van der Waals surface area contributed by atoms with Crippen LogP contribution in [0.3, 0.4) is 0 Å². The first-order valence-electron chi connectivity index (χ1n) is 6.90. The van der Waals surface area contributed by atoms with Gasteiger partial charge >= 0.3 is 5.92 Å². The van der Waals surface area contributed by atoms with Gasteiger partial charge in [0.25, 0.3) is 0 Å². The highest BCUT2D eigenvalue weighted by atomic mass is 19.3. The lowest BCUT2D eigenvalue weighted by Gasteiger charge is -2.17. The summed E-state index contributed by atoms with van der Waals surface area (Å²) in [5.74, 6) is -4.82. The Morgan fingerprint density at radius 2 is 1.68 bits per heavy atom. The third kappa shape index (κ3) is 2.77. The lowest BCUT2D eigenvalue weighted by molar-refractivity contribution is -0.0446. The summed E-state index contributed by atoms with van der Waals surface area (Å²) in [6.45, 7) is 0.850. The van der Waals surface area contributed by atoms with Crippen molar-refractivity contribution < 1.29 is 23.0 Å². The fraction of sp³-hybridized carbons (Fsp3) is 0.235. The Morgan fingerprint density at radius 3 is 2.36 bits per heavy atom. The Balaban J connectivity index is 1.91. The number of ketones is 1. The van der Waals surface area contributed by atoms with Gasteiger partial charge in [0, 0.05) is 16.7 Å². The van der Waals surface area contributed by atoms with Crippen LogP contribution >= 0.6 is 0 Å². The zero-order valence-electron chi connectivity index (χ0n) is 11.7. The minimum Gasteiger partial charge on any atom is -0.346 e. The number of rotatable bonds is 4. The molecule has 1 fully saturated rings. The van der Waals surface area contributed by atoms with E-state index in [2.05, 4.69) is 0 Å². The smallest absolute Gasteiger partial charge is 0.334 e. The van der Waals surface area contributed by atoms with Crippen molar-refractivity contribution in [2.45, 2.75) is 12.2 Å². The van der Waals surface area contributed by atoms with Crippen molar-refractivity contribution in [3.63, 3.8) is 0 Å². The molecule has 0 aliphatic carbocycles. The number of carbonyl (C=O) groups is 1. The maximum absolute atomic E-state index is 14.5. The van der Waals surface area contributed by atoms with Crippen molar-refractivity contribution >= 4 is 5.78 Å². The molecule has 0 spiro atoms. The minimum absolute atomic E-state index is 0.0220. The standard InChI is InChI=1S/C17H14F2O3/c18-17(19,15(20)12-5-2-1-3-6-12)14-8-4-7-13(11-14)16-21-9-10-22-16/h1-8,11,16H,9-10H2. The van der Waals surface area contributed by atoms with Gasteiger partial charge in [-0.15, -0.1) is 0 Å². The SMILES string of the molecule is O=C(c1ccccc1)C(F)(F)c1cccc(C2OCCO2)c1. The summed E-state index contributed by atoms with van der Waals surface area (Å²) in [6.07, 6.45) is -0.650. The normalized spacial score (nSPS) is 15.9. The van der Waals surface area contributed by atoms with E-state index >= 15 is 0 Å². The molecule has 1 aliphatic rings. The van der Waals surface area contributed by atoms with Gasteiger partial charge < -0.3 is 9.47 Å². The van der Waals surface area contributed by atoms with Crippen LogP contribution in [0.5, 0.6) is 0 Å². The van der Waals surface area contributed by atoms with Crippen molar-refractivity contribution in [1.29, 1.82) is 0 Å². The predicted molar refractivity (Wildman–Crippen MR) is 75.8 cm³/mol. The summed E-state index contributed by atoms with van der Waals surface area (Å²) in [7, 11) is 0. The molecule has 114 valence electrons. The van der Waals surface area contributed by atoms with E-state index in [0.717, 1.165) is 0 Å². The molecule has 0 bridgehead atoms. The first-order chi connectivity index (χ1) is 10.6. The van der Waals surface area contributed by atoms with Gasteiger partial charge in [-0.3, -0.25) is 4.79 Å². The van der Waals surface area contributed by atoms with Crippen LogP contribution in [-0.2, 0) is 15.4 Å². The lowest BCUT2D eigenvalue weighted by atomic mass is 9.97. The molecule has 2 aromatic rings. The van der Waals surface area contributed by atoms with E-state index in [1.165, 1.54) is 30.3 Å². The van der Waals surface area contributed by atoms with Crippen LogP contribution in [0.25, 0.3) is 0 Å². The molecule has 2 aromatic carbocycles. The molecule has 3 nitrogen and oxygen atoms in total. The van der Waals surface area contributed by atoms with Gasteiger partial charge in [-0.2, -0.15) is 8.78 Å². The van der Waals surface area contributed by atoms with Crippen molar-refractivity contribution in [3.05, 3.63) is 71.3 Å². The zero-order chi connectivity index (χ0) is 15.6. The molecule has 22 heavy (non-hydrogen) atoms. The van der Waals surface area contributed by atoms with Gasteiger partial charge in [0.1, 0.15) is 0 Å². The van der Waals surface area contributed by atoms with Crippen molar-refractivity contribution in [2.75, 3.05) is 13.2 Å². The predicted octanol–water partition coefficient (Wildman–Crippen LogP) is 3.71. The highest BCUT2D eigenvalue weighted by Gasteiger charge is 2.41. The van der Waals surface area contributed by atoms with Crippen LogP contribution in [0.4, 0.5) is 8.78 Å². The Kier molecular flexibility index (Phi) is 4.00. The van der Waals surface area contributed by atoms with E-state index < -0.39 is 18.0 Å². The Bertz CT molecular complexity index is 665.